The van der Waals surface area contributed by atoms with Crippen LogP contribution in [0.15, 0.2) is 11.4 Å². The molecule has 2 aromatic heterocycles. The van der Waals surface area contributed by atoms with Crippen LogP contribution in [-0.2, 0) is 0 Å². The van der Waals surface area contributed by atoms with Crippen molar-refractivity contribution in [2.24, 2.45) is 0 Å². The van der Waals surface area contributed by atoms with Crippen LogP contribution in [0.1, 0.15) is 10.4 Å². The fourth-order valence-electron chi connectivity index (χ4n) is 0.906. The van der Waals surface area contributed by atoms with E-state index in [0.29, 0.717) is 0 Å². The smallest absolute Gasteiger partial charge is 0.151 e. The molecule has 2 heterocycles. The number of carbonyl (C=O) groups is 1. The van der Waals surface area contributed by atoms with Gasteiger partial charge in [-0.1, -0.05) is 0 Å². The maximum Gasteiger partial charge on any atom is 0.151 e. The zero-order valence-electron chi connectivity index (χ0n) is 5.33. The quantitative estimate of drug-likeness (QED) is 0.582. The first kappa shape index (κ1) is 7.70. The number of rotatable bonds is 1. The van der Waals surface area contributed by atoms with Crippen LogP contribution in [0, 0.1) is 2.88 Å². The lowest BCUT2D eigenvalue weighted by atomic mass is 10.3. The van der Waals surface area contributed by atoms with E-state index in [-0.39, 0.29) is 0 Å². The van der Waals surface area contributed by atoms with Crippen molar-refractivity contribution in [2.75, 3.05) is 0 Å². The van der Waals surface area contributed by atoms with E-state index in [4.69, 9.17) is 0 Å². The minimum absolute atomic E-state index is 0.823. The van der Waals surface area contributed by atoms with Crippen molar-refractivity contribution < 1.29 is 4.79 Å². The second-order valence-electron chi connectivity index (χ2n) is 2.06. The first-order valence-electron chi connectivity index (χ1n) is 2.93. The van der Waals surface area contributed by atoms with Gasteiger partial charge < -0.3 is 0 Å². The number of aldehydes is 1. The van der Waals surface area contributed by atoms with E-state index in [1.165, 1.54) is 6.90 Å². The second-order valence-corrected chi connectivity index (χ2v) is 6.14. The van der Waals surface area contributed by atoms with E-state index in [0.717, 1.165) is 17.2 Å². The van der Waals surface area contributed by atoms with Gasteiger partial charge in [0, 0.05) is 16.3 Å². The van der Waals surface area contributed by atoms with Crippen molar-refractivity contribution in [3.05, 3.63) is 19.9 Å². The van der Waals surface area contributed by atoms with Gasteiger partial charge in [0.2, 0.25) is 0 Å². The molecule has 0 aliphatic carbocycles. The molecule has 0 aliphatic rings. The summed E-state index contributed by atoms with van der Waals surface area (Å²) < 4.78 is 2.49. The third kappa shape index (κ3) is 1.23. The first-order valence-corrected chi connectivity index (χ1v) is 5.70. The van der Waals surface area contributed by atoms with Crippen molar-refractivity contribution in [3.8, 4) is 0 Å². The summed E-state index contributed by atoms with van der Waals surface area (Å²) in [6.45, 7) is 0. The topological polar surface area (TPSA) is 17.1 Å². The molecule has 0 unspecified atom stereocenters. The van der Waals surface area contributed by atoms with Crippen molar-refractivity contribution in [1.82, 2.24) is 0 Å². The minimum Gasteiger partial charge on any atom is -0.298 e. The van der Waals surface area contributed by atoms with E-state index in [1.54, 1.807) is 22.7 Å². The van der Waals surface area contributed by atoms with Gasteiger partial charge >= 0.3 is 0 Å². The number of carbonyl (C=O) groups excluding carboxylic acids is 1. The fraction of sp³-hybridized carbons (Fsp3) is 0. The van der Waals surface area contributed by atoms with Crippen LogP contribution in [0.3, 0.4) is 0 Å². The van der Waals surface area contributed by atoms with Gasteiger partial charge in [-0.3, -0.25) is 4.79 Å². The molecule has 0 saturated heterocycles. The number of hydrogen-bond donors (Lipinski definition) is 0. The molecule has 0 bridgehead atoms. The maximum atomic E-state index is 10.5. The summed E-state index contributed by atoms with van der Waals surface area (Å²) in [5.74, 6) is 0. The van der Waals surface area contributed by atoms with Crippen LogP contribution in [0.25, 0.3) is 9.40 Å². The SMILES string of the molecule is O=Cc1csc2sc(I)cc12. The highest BCUT2D eigenvalue weighted by Gasteiger charge is 2.05. The Bertz CT molecular complexity index is 401. The van der Waals surface area contributed by atoms with Crippen molar-refractivity contribution in [3.63, 3.8) is 0 Å². The first-order chi connectivity index (χ1) is 5.31. The Morgan fingerprint density at radius 2 is 2.36 bits per heavy atom. The zero-order chi connectivity index (χ0) is 7.84. The summed E-state index contributed by atoms with van der Waals surface area (Å²) in [4.78, 5) is 10.5. The molecule has 2 aromatic rings. The largest absolute Gasteiger partial charge is 0.298 e. The molecule has 0 aliphatic heterocycles. The lowest BCUT2D eigenvalue weighted by Gasteiger charge is -1.76. The summed E-state index contributed by atoms with van der Waals surface area (Å²) in [5, 5.41) is 3.02. The Labute approximate surface area is 85.2 Å². The maximum absolute atomic E-state index is 10.5. The summed E-state index contributed by atoms with van der Waals surface area (Å²) in [6.07, 6.45) is 0.918. The van der Waals surface area contributed by atoms with Gasteiger partial charge in [-0.15, -0.1) is 22.7 Å². The third-order valence-corrected chi connectivity index (χ3v) is 4.43. The normalized spacial score (nSPS) is 10.6. The van der Waals surface area contributed by atoms with Crippen molar-refractivity contribution in [1.29, 1.82) is 0 Å². The average molecular weight is 294 g/mol. The summed E-state index contributed by atoms with van der Waals surface area (Å²) in [7, 11) is 0. The molecule has 11 heavy (non-hydrogen) atoms. The molecule has 2 rings (SSSR count). The molecular weight excluding hydrogens is 291 g/mol. The third-order valence-electron chi connectivity index (χ3n) is 1.40. The second kappa shape index (κ2) is 2.84. The van der Waals surface area contributed by atoms with Crippen LogP contribution in [0.4, 0.5) is 0 Å². The molecule has 4 heteroatoms. The highest BCUT2D eigenvalue weighted by atomic mass is 127. The number of fused-ring (bicyclic) bond motifs is 1. The minimum atomic E-state index is 0.823. The van der Waals surface area contributed by atoms with E-state index in [2.05, 4.69) is 28.7 Å². The predicted molar refractivity (Wildman–Crippen MR) is 57.8 cm³/mol. The standard InChI is InChI=1S/C7H3IOS2/c8-6-1-5-4(2-9)3-10-7(5)11-6/h1-3H. The summed E-state index contributed by atoms with van der Waals surface area (Å²) in [5.41, 5.74) is 0.823. The van der Waals surface area contributed by atoms with Gasteiger partial charge in [0.1, 0.15) is 0 Å². The van der Waals surface area contributed by atoms with Gasteiger partial charge in [-0.25, -0.2) is 0 Å². The van der Waals surface area contributed by atoms with Crippen LogP contribution < -0.4 is 0 Å². The van der Waals surface area contributed by atoms with Gasteiger partial charge in [0.25, 0.3) is 0 Å². The van der Waals surface area contributed by atoms with Gasteiger partial charge in [0.15, 0.2) is 6.29 Å². The Balaban J connectivity index is 2.83. The highest BCUT2D eigenvalue weighted by molar-refractivity contribution is 14.1. The number of hydrogen-bond acceptors (Lipinski definition) is 3. The molecule has 0 atom stereocenters. The Morgan fingerprint density at radius 3 is 3.09 bits per heavy atom. The molecule has 0 N–H and O–H groups in total. The van der Waals surface area contributed by atoms with Crippen LogP contribution in [-0.4, -0.2) is 6.29 Å². The monoisotopic (exact) mass is 294 g/mol. The average Bonchev–Trinajstić information content (AvgIpc) is 2.45. The molecule has 1 nitrogen and oxygen atoms in total. The van der Waals surface area contributed by atoms with E-state index >= 15 is 0 Å². The summed E-state index contributed by atoms with van der Waals surface area (Å²) in [6, 6.07) is 2.06. The van der Waals surface area contributed by atoms with Gasteiger partial charge in [-0.2, -0.15) is 0 Å². The Kier molecular flexibility index (Phi) is 1.98. The lowest BCUT2D eigenvalue weighted by Crippen LogP contribution is -1.69. The summed E-state index contributed by atoms with van der Waals surface area (Å²) >= 11 is 5.65. The zero-order valence-corrected chi connectivity index (χ0v) is 9.13. The molecule has 0 saturated carbocycles. The van der Waals surface area contributed by atoms with E-state index in [9.17, 15) is 4.79 Å². The molecule has 0 radical (unpaired) electrons. The van der Waals surface area contributed by atoms with Crippen LogP contribution >= 0.6 is 45.3 Å². The number of halogens is 1. The molecule has 0 aromatic carbocycles. The predicted octanol–water partition coefficient (Wildman–Crippen LogP) is 3.38. The highest BCUT2D eigenvalue weighted by Crippen LogP contribution is 2.33. The number of thiophene rings is 2. The lowest BCUT2D eigenvalue weighted by molar-refractivity contribution is 0.112. The Hall–Kier alpha value is 0.0600. The van der Waals surface area contributed by atoms with Crippen molar-refractivity contribution in [2.45, 2.75) is 0 Å². The van der Waals surface area contributed by atoms with Gasteiger partial charge in [-0.05, 0) is 28.7 Å². The van der Waals surface area contributed by atoms with Gasteiger partial charge in [0.05, 0.1) is 6.90 Å². The molecule has 0 amide bonds. The molecule has 0 spiro atoms. The van der Waals surface area contributed by atoms with E-state index in [1.807, 2.05) is 5.38 Å². The molecule has 56 valence electrons. The molecular formula is C7H3IOS2. The van der Waals surface area contributed by atoms with Crippen LogP contribution in [0.2, 0.25) is 0 Å². The molecule has 0 fully saturated rings. The fourth-order valence-corrected chi connectivity index (χ4v) is 4.29. The van der Waals surface area contributed by atoms with Crippen molar-refractivity contribution >= 4 is 61.0 Å². The van der Waals surface area contributed by atoms with E-state index < -0.39 is 0 Å². The van der Waals surface area contributed by atoms with Crippen LogP contribution in [0.5, 0.6) is 0 Å². The Morgan fingerprint density at radius 1 is 1.55 bits per heavy atom.